The summed E-state index contributed by atoms with van der Waals surface area (Å²) in [6, 6.07) is 3.93. The molecule has 5 nitrogen and oxygen atoms in total. The van der Waals surface area contributed by atoms with Gasteiger partial charge in [0.2, 0.25) is 5.78 Å². The quantitative estimate of drug-likeness (QED) is 0.264. The molecule has 0 aliphatic carbocycles. The predicted octanol–water partition coefficient (Wildman–Crippen LogP) is 4.44. The third-order valence-corrected chi connectivity index (χ3v) is 6.35. The molecule has 0 saturated heterocycles. The van der Waals surface area contributed by atoms with Crippen LogP contribution < -0.4 is 0 Å². The number of hydrogen-bond donors (Lipinski definition) is 0. The number of hydrogen-bond acceptors (Lipinski definition) is 7. The highest BCUT2D eigenvalue weighted by atomic mass is 32.2. The van der Waals surface area contributed by atoms with Gasteiger partial charge in [0.1, 0.15) is 16.2 Å². The van der Waals surface area contributed by atoms with Crippen LogP contribution in [-0.2, 0) is 9.53 Å². The van der Waals surface area contributed by atoms with Crippen molar-refractivity contribution < 1.29 is 14.3 Å². The Bertz CT molecular complexity index is 1030. The standard InChI is InChI=1S/C20H20N2O3S2/c1-11-7-12(2)18(14(4)13(11)3)16(23)8-25-17(24)9-27-20-15-5-6-26-19(15)21-10-22-20/h5-7,10H,8-9H2,1-4H3. The maximum Gasteiger partial charge on any atom is 0.316 e. The Morgan fingerprint density at radius 2 is 1.89 bits per heavy atom. The average Bonchev–Trinajstić information content (AvgIpc) is 3.12. The summed E-state index contributed by atoms with van der Waals surface area (Å²) in [4.78, 5) is 33.9. The molecule has 0 spiro atoms. The van der Waals surface area contributed by atoms with Crippen LogP contribution in [0.3, 0.4) is 0 Å². The summed E-state index contributed by atoms with van der Waals surface area (Å²) in [5.41, 5.74) is 4.75. The molecule has 0 saturated carbocycles. The van der Waals surface area contributed by atoms with Crippen molar-refractivity contribution in [3.05, 3.63) is 51.7 Å². The van der Waals surface area contributed by atoms with Gasteiger partial charge in [0.25, 0.3) is 0 Å². The van der Waals surface area contributed by atoms with E-state index in [1.165, 1.54) is 29.4 Å². The molecule has 0 radical (unpaired) electrons. The van der Waals surface area contributed by atoms with Gasteiger partial charge in [0.05, 0.1) is 5.75 Å². The fourth-order valence-electron chi connectivity index (χ4n) is 2.98. The number of benzene rings is 1. The number of thioether (sulfide) groups is 1. The number of aryl methyl sites for hydroxylation is 2. The number of esters is 1. The number of ether oxygens (including phenoxy) is 1. The fraction of sp³-hybridized carbons (Fsp3) is 0.300. The highest BCUT2D eigenvalue weighted by Gasteiger charge is 2.17. The smallest absolute Gasteiger partial charge is 0.316 e. The normalized spacial score (nSPS) is 11.0. The molecule has 0 aliphatic heterocycles. The first-order valence-electron chi connectivity index (χ1n) is 8.45. The largest absolute Gasteiger partial charge is 0.457 e. The number of aromatic nitrogens is 2. The van der Waals surface area contributed by atoms with Gasteiger partial charge in [-0.25, -0.2) is 9.97 Å². The number of fused-ring (bicyclic) bond motifs is 1. The lowest BCUT2D eigenvalue weighted by atomic mass is 9.92. The van der Waals surface area contributed by atoms with Gasteiger partial charge < -0.3 is 4.74 Å². The Balaban J connectivity index is 1.60. The molecule has 0 unspecified atom stereocenters. The van der Waals surface area contributed by atoms with Gasteiger partial charge in [-0.2, -0.15) is 0 Å². The second-order valence-corrected chi connectivity index (χ2v) is 8.18. The minimum Gasteiger partial charge on any atom is -0.457 e. The average molecular weight is 401 g/mol. The molecule has 140 valence electrons. The zero-order valence-electron chi connectivity index (χ0n) is 15.7. The van der Waals surface area contributed by atoms with Crippen LogP contribution in [-0.4, -0.2) is 34.1 Å². The molecule has 7 heteroatoms. The van der Waals surface area contributed by atoms with Gasteiger partial charge in [0.15, 0.2) is 6.61 Å². The molecule has 3 rings (SSSR count). The molecule has 0 atom stereocenters. The van der Waals surface area contributed by atoms with Gasteiger partial charge >= 0.3 is 5.97 Å². The van der Waals surface area contributed by atoms with Crippen molar-refractivity contribution in [2.75, 3.05) is 12.4 Å². The van der Waals surface area contributed by atoms with E-state index in [1.807, 2.05) is 45.2 Å². The lowest BCUT2D eigenvalue weighted by Crippen LogP contribution is -2.18. The van der Waals surface area contributed by atoms with E-state index >= 15 is 0 Å². The molecule has 0 fully saturated rings. The van der Waals surface area contributed by atoms with E-state index in [0.29, 0.717) is 5.56 Å². The molecule has 0 aliphatic rings. The first kappa shape index (κ1) is 19.5. The number of Topliss-reactive ketones (excluding diaryl/α,β-unsaturated/α-hetero) is 1. The molecule has 2 aromatic heterocycles. The van der Waals surface area contributed by atoms with Crippen LogP contribution in [0, 0.1) is 27.7 Å². The van der Waals surface area contributed by atoms with Gasteiger partial charge in [-0.15, -0.1) is 11.3 Å². The Labute approximate surface area is 166 Å². The molecular weight excluding hydrogens is 380 g/mol. The lowest BCUT2D eigenvalue weighted by molar-refractivity contribution is -0.139. The number of carbonyl (C=O) groups excluding carboxylic acids is 2. The number of carbonyl (C=O) groups is 2. The number of rotatable bonds is 6. The topological polar surface area (TPSA) is 69.2 Å². The maximum atomic E-state index is 12.6. The molecule has 3 aromatic rings. The summed E-state index contributed by atoms with van der Waals surface area (Å²) >= 11 is 2.82. The number of thiophene rings is 1. The Morgan fingerprint density at radius 1 is 1.11 bits per heavy atom. The highest BCUT2D eigenvalue weighted by molar-refractivity contribution is 8.00. The van der Waals surface area contributed by atoms with Crippen molar-refractivity contribution >= 4 is 45.1 Å². The van der Waals surface area contributed by atoms with E-state index in [2.05, 4.69) is 9.97 Å². The predicted molar refractivity (Wildman–Crippen MR) is 109 cm³/mol. The Hall–Kier alpha value is -2.25. The second-order valence-electron chi connectivity index (χ2n) is 6.33. The summed E-state index contributed by atoms with van der Waals surface area (Å²) in [7, 11) is 0. The van der Waals surface area contributed by atoms with Crippen molar-refractivity contribution in [1.82, 2.24) is 9.97 Å². The summed E-state index contributed by atoms with van der Waals surface area (Å²) in [5, 5.41) is 3.61. The maximum absolute atomic E-state index is 12.6. The molecule has 0 bridgehead atoms. The Kier molecular flexibility index (Phi) is 5.92. The van der Waals surface area contributed by atoms with Crippen molar-refractivity contribution in [3.63, 3.8) is 0 Å². The van der Waals surface area contributed by atoms with Gasteiger partial charge in [0, 0.05) is 10.9 Å². The minimum absolute atomic E-state index is 0.0974. The highest BCUT2D eigenvalue weighted by Crippen LogP contribution is 2.27. The van der Waals surface area contributed by atoms with Gasteiger partial charge in [-0.05, 0) is 61.4 Å². The van der Waals surface area contributed by atoms with E-state index < -0.39 is 5.97 Å². The first-order chi connectivity index (χ1) is 12.9. The molecule has 27 heavy (non-hydrogen) atoms. The summed E-state index contributed by atoms with van der Waals surface area (Å²) in [6.45, 7) is 7.61. The second kappa shape index (κ2) is 8.19. The van der Waals surface area contributed by atoms with Crippen LogP contribution >= 0.6 is 23.1 Å². The molecule has 0 amide bonds. The minimum atomic E-state index is -0.436. The van der Waals surface area contributed by atoms with E-state index in [0.717, 1.165) is 37.5 Å². The molecule has 1 aromatic carbocycles. The van der Waals surface area contributed by atoms with Crippen LogP contribution in [0.1, 0.15) is 32.6 Å². The zero-order chi connectivity index (χ0) is 19.6. The van der Waals surface area contributed by atoms with Gasteiger partial charge in [-0.1, -0.05) is 17.8 Å². The summed E-state index contributed by atoms with van der Waals surface area (Å²) in [5.74, 6) is -0.511. The van der Waals surface area contributed by atoms with E-state index in [-0.39, 0.29) is 18.1 Å². The first-order valence-corrected chi connectivity index (χ1v) is 10.3. The van der Waals surface area contributed by atoms with E-state index in [1.54, 1.807) is 0 Å². The van der Waals surface area contributed by atoms with Crippen molar-refractivity contribution in [3.8, 4) is 0 Å². The van der Waals surface area contributed by atoms with Crippen molar-refractivity contribution in [1.29, 1.82) is 0 Å². The van der Waals surface area contributed by atoms with E-state index in [4.69, 9.17) is 4.74 Å². The number of ketones is 1. The lowest BCUT2D eigenvalue weighted by Gasteiger charge is -2.14. The van der Waals surface area contributed by atoms with Crippen LogP contribution in [0.2, 0.25) is 0 Å². The fourth-order valence-corrected chi connectivity index (χ4v) is 4.56. The van der Waals surface area contributed by atoms with E-state index in [9.17, 15) is 9.59 Å². The molecular formula is C20H20N2O3S2. The van der Waals surface area contributed by atoms with Crippen molar-refractivity contribution in [2.24, 2.45) is 0 Å². The van der Waals surface area contributed by atoms with Crippen LogP contribution in [0.25, 0.3) is 10.2 Å². The third kappa shape index (κ3) is 4.20. The number of nitrogens with zero attached hydrogens (tertiary/aromatic N) is 2. The van der Waals surface area contributed by atoms with Crippen LogP contribution in [0.5, 0.6) is 0 Å². The SMILES string of the molecule is Cc1cc(C)c(C(=O)COC(=O)CSc2ncnc3sccc23)c(C)c1C. The van der Waals surface area contributed by atoms with Crippen LogP contribution in [0.4, 0.5) is 0 Å². The van der Waals surface area contributed by atoms with Gasteiger partial charge in [-0.3, -0.25) is 9.59 Å². The molecule has 0 N–H and O–H groups in total. The van der Waals surface area contributed by atoms with Crippen molar-refractivity contribution in [2.45, 2.75) is 32.7 Å². The van der Waals surface area contributed by atoms with Crippen LogP contribution in [0.15, 0.2) is 28.9 Å². The summed E-state index contributed by atoms with van der Waals surface area (Å²) < 4.78 is 5.20. The molecule has 2 heterocycles. The third-order valence-electron chi connectivity index (χ3n) is 4.55. The zero-order valence-corrected chi connectivity index (χ0v) is 17.3. The summed E-state index contributed by atoms with van der Waals surface area (Å²) in [6.07, 6.45) is 1.49. The monoisotopic (exact) mass is 400 g/mol. The Morgan fingerprint density at radius 3 is 2.67 bits per heavy atom.